The molecule has 0 aliphatic rings. The van der Waals surface area contributed by atoms with Crippen molar-refractivity contribution >= 4 is 34.7 Å². The summed E-state index contributed by atoms with van der Waals surface area (Å²) in [6.45, 7) is 0. The lowest BCUT2D eigenvalue weighted by molar-refractivity contribution is -0.384. The van der Waals surface area contributed by atoms with Gasteiger partial charge in [-0.3, -0.25) is 10.1 Å². The first-order valence-electron chi connectivity index (χ1n) is 3.36. The second-order valence-corrected chi connectivity index (χ2v) is 2.76. The highest BCUT2D eigenvalue weighted by molar-refractivity contribution is 14.1. The largest absolute Gasteiger partial charge is 0.478 e. The molecular weight excluding hydrogens is 305 g/mol. The van der Waals surface area contributed by atoms with Crippen molar-refractivity contribution in [2.45, 2.75) is 0 Å². The molecule has 14 heavy (non-hydrogen) atoms. The summed E-state index contributed by atoms with van der Waals surface area (Å²) in [5, 5.41) is 19.0. The van der Waals surface area contributed by atoms with Crippen molar-refractivity contribution in [3.05, 3.63) is 33.9 Å². The zero-order valence-corrected chi connectivity index (χ0v) is 8.79. The summed E-state index contributed by atoms with van der Waals surface area (Å²) in [6, 6.07) is 3.38. The molecule has 0 fully saturated rings. The molecule has 0 saturated heterocycles. The number of rotatable bonds is 3. The summed E-state index contributed by atoms with van der Waals surface area (Å²) in [6.07, 6.45) is 0. The molecule has 0 saturated carbocycles. The SMILES string of the molecule is O=C(O)c1cc([N+](=O)[O-])ccc1OI. The first-order valence-corrected chi connectivity index (χ1v) is 4.24. The van der Waals surface area contributed by atoms with Crippen LogP contribution in [-0.2, 0) is 0 Å². The molecule has 0 aliphatic carbocycles. The highest BCUT2D eigenvalue weighted by Gasteiger charge is 2.16. The summed E-state index contributed by atoms with van der Waals surface area (Å²) in [5.41, 5.74) is -0.506. The van der Waals surface area contributed by atoms with Gasteiger partial charge < -0.3 is 8.17 Å². The highest BCUT2D eigenvalue weighted by Crippen LogP contribution is 2.25. The van der Waals surface area contributed by atoms with Gasteiger partial charge in [0, 0.05) is 12.1 Å². The minimum Gasteiger partial charge on any atom is -0.478 e. The Morgan fingerprint density at radius 2 is 2.21 bits per heavy atom. The fourth-order valence-electron chi connectivity index (χ4n) is 0.866. The zero-order chi connectivity index (χ0) is 10.7. The fourth-order valence-corrected chi connectivity index (χ4v) is 1.25. The van der Waals surface area contributed by atoms with Gasteiger partial charge in [-0.15, -0.1) is 0 Å². The van der Waals surface area contributed by atoms with Crippen LogP contribution in [0.1, 0.15) is 10.4 Å². The number of nitrogens with zero attached hydrogens (tertiary/aromatic N) is 1. The van der Waals surface area contributed by atoms with Crippen LogP contribution >= 0.6 is 23.0 Å². The monoisotopic (exact) mass is 309 g/mol. The van der Waals surface area contributed by atoms with Crippen LogP contribution in [0.3, 0.4) is 0 Å². The third kappa shape index (κ3) is 2.10. The molecule has 6 nitrogen and oxygen atoms in total. The first kappa shape index (κ1) is 10.7. The summed E-state index contributed by atoms with van der Waals surface area (Å²) in [4.78, 5) is 20.3. The minimum absolute atomic E-state index is 0.0868. The van der Waals surface area contributed by atoms with Gasteiger partial charge in [-0.1, -0.05) is 0 Å². The van der Waals surface area contributed by atoms with Crippen LogP contribution in [0.4, 0.5) is 5.69 Å². The number of benzene rings is 1. The molecule has 1 aromatic rings. The van der Waals surface area contributed by atoms with Crippen LogP contribution in [0.25, 0.3) is 0 Å². The molecule has 0 bridgehead atoms. The van der Waals surface area contributed by atoms with E-state index in [1.807, 2.05) is 0 Å². The Bertz CT molecular complexity index is 392. The Morgan fingerprint density at radius 3 is 2.64 bits per heavy atom. The number of hydrogen-bond acceptors (Lipinski definition) is 4. The second-order valence-electron chi connectivity index (χ2n) is 2.32. The quantitative estimate of drug-likeness (QED) is 0.524. The molecule has 0 aliphatic heterocycles. The van der Waals surface area contributed by atoms with Gasteiger partial charge in [-0.2, -0.15) is 0 Å². The summed E-state index contributed by atoms with van der Waals surface area (Å²) < 4.78 is 4.71. The predicted molar refractivity (Wildman–Crippen MR) is 54.7 cm³/mol. The minimum atomic E-state index is -1.26. The molecule has 0 spiro atoms. The van der Waals surface area contributed by atoms with Crippen LogP contribution in [0.2, 0.25) is 0 Å². The number of halogens is 1. The molecule has 0 amide bonds. The normalized spacial score (nSPS) is 9.50. The van der Waals surface area contributed by atoms with E-state index < -0.39 is 10.9 Å². The van der Waals surface area contributed by atoms with Crippen molar-refractivity contribution < 1.29 is 17.9 Å². The van der Waals surface area contributed by atoms with E-state index in [0.29, 0.717) is 0 Å². The van der Waals surface area contributed by atoms with Crippen molar-refractivity contribution in [2.75, 3.05) is 0 Å². The topological polar surface area (TPSA) is 89.7 Å². The van der Waals surface area contributed by atoms with Gasteiger partial charge in [-0.05, 0) is 6.07 Å². The van der Waals surface area contributed by atoms with Gasteiger partial charge in [0.05, 0.1) is 4.92 Å². The molecule has 1 rings (SSSR count). The van der Waals surface area contributed by atoms with Gasteiger partial charge in [0.15, 0.2) is 23.0 Å². The zero-order valence-electron chi connectivity index (χ0n) is 6.64. The number of nitro groups is 1. The Balaban J connectivity index is 3.27. The second kappa shape index (κ2) is 4.22. The molecule has 74 valence electrons. The molecule has 0 radical (unpaired) electrons. The van der Waals surface area contributed by atoms with Crippen molar-refractivity contribution in [3.8, 4) is 5.75 Å². The van der Waals surface area contributed by atoms with Gasteiger partial charge >= 0.3 is 5.97 Å². The van der Waals surface area contributed by atoms with Crippen LogP contribution in [0.15, 0.2) is 18.2 Å². The van der Waals surface area contributed by atoms with Gasteiger partial charge in [-0.25, -0.2) is 4.79 Å². The number of nitro benzene ring substituents is 1. The summed E-state index contributed by atoms with van der Waals surface area (Å²) in [7, 11) is 0. The predicted octanol–water partition coefficient (Wildman–Crippen LogP) is 2.02. The van der Waals surface area contributed by atoms with Crippen molar-refractivity contribution in [3.63, 3.8) is 0 Å². The van der Waals surface area contributed by atoms with E-state index in [9.17, 15) is 14.9 Å². The molecule has 0 heterocycles. The maximum Gasteiger partial charge on any atom is 0.339 e. The number of non-ortho nitro benzene ring substituents is 1. The molecule has 0 atom stereocenters. The molecule has 1 N–H and O–H groups in total. The van der Waals surface area contributed by atoms with Gasteiger partial charge in [0.1, 0.15) is 11.3 Å². The summed E-state index contributed by atoms with van der Waals surface area (Å²) in [5.74, 6) is -1.18. The average Bonchev–Trinajstić information content (AvgIpc) is 2.16. The fraction of sp³-hybridized carbons (Fsp3) is 0. The van der Waals surface area contributed by atoms with Gasteiger partial charge in [0.2, 0.25) is 0 Å². The Hall–Kier alpha value is -1.38. The van der Waals surface area contributed by atoms with E-state index in [1.54, 1.807) is 0 Å². The third-order valence-electron chi connectivity index (χ3n) is 1.49. The van der Waals surface area contributed by atoms with Crippen molar-refractivity contribution in [1.82, 2.24) is 0 Å². The molecule has 0 aromatic heterocycles. The van der Waals surface area contributed by atoms with E-state index in [1.165, 1.54) is 35.1 Å². The molecule has 0 unspecified atom stereocenters. The van der Waals surface area contributed by atoms with Crippen molar-refractivity contribution in [1.29, 1.82) is 0 Å². The van der Waals surface area contributed by atoms with Crippen LogP contribution < -0.4 is 3.07 Å². The number of carbonyl (C=O) groups is 1. The first-order chi connectivity index (χ1) is 6.56. The number of hydrogen-bond donors (Lipinski definition) is 1. The molecular formula is C7H4INO5. The Labute approximate surface area is 92.3 Å². The molecule has 7 heteroatoms. The maximum absolute atomic E-state index is 10.6. The smallest absolute Gasteiger partial charge is 0.339 e. The lowest BCUT2D eigenvalue weighted by atomic mass is 10.2. The van der Waals surface area contributed by atoms with Crippen LogP contribution in [-0.4, -0.2) is 16.0 Å². The van der Waals surface area contributed by atoms with Crippen molar-refractivity contribution in [2.24, 2.45) is 0 Å². The lowest BCUT2D eigenvalue weighted by Crippen LogP contribution is -2.00. The number of carboxylic acids is 1. The Morgan fingerprint density at radius 1 is 1.57 bits per heavy atom. The van der Waals surface area contributed by atoms with E-state index >= 15 is 0 Å². The third-order valence-corrected chi connectivity index (χ3v) is 1.96. The maximum atomic E-state index is 10.6. The summed E-state index contributed by atoms with van der Waals surface area (Å²) >= 11 is 1.51. The van der Waals surface area contributed by atoms with E-state index in [4.69, 9.17) is 8.17 Å². The molecule has 1 aromatic carbocycles. The highest BCUT2D eigenvalue weighted by atomic mass is 127. The number of carboxylic acid groups (broad SMARTS) is 1. The standard InChI is InChI=1S/C7H4INO5/c8-14-6-2-1-4(9(12)13)3-5(6)7(10)11/h1-3H,(H,10,11). The lowest BCUT2D eigenvalue weighted by Gasteiger charge is -2.01. The average molecular weight is 309 g/mol. The van der Waals surface area contributed by atoms with Gasteiger partial charge in [0.25, 0.3) is 5.69 Å². The van der Waals surface area contributed by atoms with Crippen LogP contribution in [0, 0.1) is 10.1 Å². The van der Waals surface area contributed by atoms with E-state index in [-0.39, 0.29) is 17.0 Å². The Kier molecular flexibility index (Phi) is 3.23. The van der Waals surface area contributed by atoms with Crippen LogP contribution in [0.5, 0.6) is 5.75 Å². The number of aromatic carboxylic acids is 1. The van der Waals surface area contributed by atoms with E-state index in [0.717, 1.165) is 6.07 Å². The van der Waals surface area contributed by atoms with E-state index in [2.05, 4.69) is 0 Å².